The predicted molar refractivity (Wildman–Crippen MR) is 613 cm³/mol. The van der Waals surface area contributed by atoms with E-state index in [1.807, 2.05) is 76.9 Å². The fourth-order valence-corrected chi connectivity index (χ4v) is 26.9. The standard InChI is InChI=1S/C50H38BN.C29H23BN4.C26H20BNS3.C26H22BN/c1-37-20-22-44(23-21-37)49-48-19-11-12-36-52(48)51(46-32-28-42(29-33-46)39-15-7-3-8-16-39,47-34-30-43(31-35-47)40-17-9-4-10-18-40)50(49)45-26-24-41(25-27-45)38-13-5-2-6-14-38;1-22-14-16-23(17-15-22)28-25-11-5-9-21-34(25)30(26-12-3-7-19-32-26,27-13-4-8-20-33-27)29(28)24-10-2-6-18-31-24;1-19-11-13-20(14-12-19)25-21-7-2-3-15-28(21)27(23-9-5-17-30-23,24-10-6-18-31-24)26(25)22-8-4-16-29-22;1-21-25-19-11-12-20-28(25)27(23-15-7-3-8-16-23,24-17-9-4-10-18-24)26(21)22-13-5-2-6-14-22/h2-36H,1H3;2-21H,1H3;2-18H,1H3;2-20H,1H3. The van der Waals surface area contributed by atoms with Gasteiger partial charge in [0, 0.05) is 70.1 Å². The van der Waals surface area contributed by atoms with Crippen LogP contribution in [0.15, 0.2) is 551 Å². The van der Waals surface area contributed by atoms with Crippen molar-refractivity contribution < 1.29 is 17.9 Å². The molecule has 692 valence electrons. The Morgan fingerprint density at radius 2 is 0.490 bits per heavy atom. The quantitative estimate of drug-likeness (QED) is 0.0805. The number of allylic oxidation sites excluding steroid dienone is 1. The minimum atomic E-state index is -1.75. The molecule has 0 radical (unpaired) electrons. The summed E-state index contributed by atoms with van der Waals surface area (Å²) in [5.41, 5.74) is 40.6. The predicted octanol–water partition coefficient (Wildman–Crippen LogP) is 23.6. The van der Waals surface area contributed by atoms with Crippen LogP contribution in [0.25, 0.3) is 77.6 Å². The highest BCUT2D eigenvalue weighted by Gasteiger charge is 2.58. The lowest BCUT2D eigenvalue weighted by Crippen LogP contribution is -2.79. The molecule has 0 unspecified atom stereocenters. The van der Waals surface area contributed by atoms with Gasteiger partial charge < -0.3 is 17.9 Å². The van der Waals surface area contributed by atoms with E-state index in [1.165, 1.54) is 159 Å². The van der Waals surface area contributed by atoms with Gasteiger partial charge in [-0.05, 0) is 165 Å². The van der Waals surface area contributed by atoms with Crippen LogP contribution in [0.4, 0.5) is 0 Å². The highest BCUT2D eigenvalue weighted by molar-refractivity contribution is 7.39. The third-order valence-electron chi connectivity index (χ3n) is 30.1. The normalized spacial score (nSPS) is 14.0. The third-order valence-corrected chi connectivity index (χ3v) is 33.1. The van der Waals surface area contributed by atoms with Gasteiger partial charge in [0.05, 0.1) is 0 Å². The van der Waals surface area contributed by atoms with E-state index in [4.69, 9.17) is 15.0 Å². The number of fused-ring (bicyclic) bond motifs is 4. The van der Waals surface area contributed by atoms with E-state index < -0.39 is 25.1 Å². The number of rotatable bonds is 18. The van der Waals surface area contributed by atoms with Crippen LogP contribution in [-0.2, 0) is 0 Å². The maximum atomic E-state index is 4.93. The van der Waals surface area contributed by atoms with E-state index in [1.54, 1.807) is 0 Å². The molecule has 4 aliphatic rings. The van der Waals surface area contributed by atoms with Gasteiger partial charge in [-0.3, -0.25) is 15.0 Å². The summed E-state index contributed by atoms with van der Waals surface area (Å²) in [5, 5.41) is 6.63. The molecule has 0 fully saturated rings. The Hall–Kier alpha value is -17.0. The molecule has 14 heterocycles. The lowest BCUT2D eigenvalue weighted by molar-refractivity contribution is -0.539. The monoisotopic (exact) mass is 1910 g/mol. The zero-order valence-corrected chi connectivity index (χ0v) is 83.7. The van der Waals surface area contributed by atoms with Gasteiger partial charge in [-0.15, -0.1) is 44.1 Å². The van der Waals surface area contributed by atoms with Crippen LogP contribution in [0.5, 0.6) is 0 Å². The number of thiophene rings is 3. The molecular formula is C131H103B4N7S3. The van der Waals surface area contributed by atoms with E-state index in [0.29, 0.717) is 0 Å². The molecular weight excluding hydrogens is 1810 g/mol. The molecule has 22 aromatic rings. The Bertz CT molecular complexity index is 8270. The molecule has 0 aliphatic carbocycles. The smallest absolute Gasteiger partial charge is 0.397 e. The van der Waals surface area contributed by atoms with Crippen molar-refractivity contribution in [3.05, 3.63) is 629 Å². The van der Waals surface area contributed by atoms with Crippen molar-refractivity contribution in [2.45, 2.75) is 27.7 Å². The van der Waals surface area contributed by atoms with E-state index in [9.17, 15) is 0 Å². The van der Waals surface area contributed by atoms with Gasteiger partial charge in [0.2, 0.25) is 0 Å². The first-order valence-corrected chi connectivity index (χ1v) is 52.6. The van der Waals surface area contributed by atoms with Gasteiger partial charge >= 0.3 is 25.1 Å². The second kappa shape index (κ2) is 40.2. The van der Waals surface area contributed by atoms with Gasteiger partial charge in [0.25, 0.3) is 0 Å². The van der Waals surface area contributed by atoms with E-state index in [2.05, 4.69) is 554 Å². The van der Waals surface area contributed by atoms with E-state index in [-0.39, 0.29) is 0 Å². The van der Waals surface area contributed by atoms with Crippen LogP contribution < -0.4 is 60.5 Å². The van der Waals surface area contributed by atoms with Crippen molar-refractivity contribution in [1.29, 1.82) is 0 Å². The summed E-state index contributed by atoms with van der Waals surface area (Å²) in [6, 6.07) is 178. The molecule has 26 rings (SSSR count). The molecule has 14 heteroatoms. The molecule has 4 aliphatic heterocycles. The molecule has 10 aromatic heterocycles. The van der Waals surface area contributed by atoms with E-state index >= 15 is 0 Å². The summed E-state index contributed by atoms with van der Waals surface area (Å²) in [4.78, 5) is 16.1. The second-order valence-corrected chi connectivity index (χ2v) is 41.0. The van der Waals surface area contributed by atoms with Crippen LogP contribution >= 0.6 is 34.0 Å². The number of aryl methyl sites for hydroxylation is 3. The van der Waals surface area contributed by atoms with E-state index in [0.717, 1.165) is 39.2 Å². The first-order valence-electron chi connectivity index (χ1n) is 50.0. The Labute approximate surface area is 861 Å². The lowest BCUT2D eigenvalue weighted by atomic mass is 9.23. The Morgan fingerprint density at radius 3 is 0.876 bits per heavy atom. The molecule has 0 amide bonds. The van der Waals surface area contributed by atoms with Crippen LogP contribution in [0.1, 0.15) is 84.8 Å². The average Bonchev–Trinajstić information content (AvgIpc) is 1.55. The molecule has 0 N–H and O–H groups in total. The maximum Gasteiger partial charge on any atom is 0.397 e. The van der Waals surface area contributed by atoms with Crippen molar-refractivity contribution in [1.82, 2.24) is 15.0 Å². The van der Waals surface area contributed by atoms with Gasteiger partial charge in [-0.2, -0.15) is 22.7 Å². The van der Waals surface area contributed by atoms with Crippen molar-refractivity contribution >= 4 is 146 Å². The first-order chi connectivity index (χ1) is 71.6. The molecule has 0 spiro atoms. The van der Waals surface area contributed by atoms with Crippen LogP contribution in [-0.4, -0.2) is 40.1 Å². The molecule has 0 atom stereocenters. The number of hydrogen-bond donors (Lipinski definition) is 0. The van der Waals surface area contributed by atoms with Gasteiger partial charge in [-0.1, -0.05) is 461 Å². The lowest BCUT2D eigenvalue weighted by Gasteiger charge is -2.36. The number of aromatic nitrogens is 7. The van der Waals surface area contributed by atoms with Gasteiger partial charge in [0.1, 0.15) is 24.8 Å². The van der Waals surface area contributed by atoms with Crippen molar-refractivity contribution in [2.24, 2.45) is 0 Å². The highest BCUT2D eigenvalue weighted by atomic mass is 32.1. The summed E-state index contributed by atoms with van der Waals surface area (Å²) < 4.78 is 12.8. The average molecular weight is 1910 g/mol. The SMILES string of the molecule is CC1=C(c2ccccc2)[B-](c2ccccc2)(c2ccccc2)[n+]2ccccc21.Cc1ccc(C2=C(c3ccc(-c4ccccc4)cc3)[B-](c3ccc(-c4ccccc4)cc3)(c3ccc(-c4ccccc4)cc3)[n+]3ccccc32)cc1.Cc1ccc(C2=C(c3ccccn3)[B-](c3ccccn3)(c3ccccn3)[n+]3ccccc32)cc1.Cc1ccc(C2=C(c3cccs3)[B-](c3cccs3)(c3cccs3)[n+]3ccccc32)cc1. The maximum absolute atomic E-state index is 4.93. The van der Waals surface area contributed by atoms with Crippen molar-refractivity contribution in [2.75, 3.05) is 0 Å². The first kappa shape index (κ1) is 91.8. The zero-order chi connectivity index (χ0) is 97.7. The molecule has 145 heavy (non-hydrogen) atoms. The molecule has 7 nitrogen and oxygen atoms in total. The number of pyridine rings is 7. The Balaban J connectivity index is 0.000000110. The fourth-order valence-electron chi connectivity index (χ4n) is 23.9. The van der Waals surface area contributed by atoms with Crippen LogP contribution in [0.3, 0.4) is 0 Å². The zero-order valence-electron chi connectivity index (χ0n) is 81.2. The number of hydrogen-bond acceptors (Lipinski definition) is 6. The Kier molecular flexibility index (Phi) is 25.4. The van der Waals surface area contributed by atoms with Crippen molar-refractivity contribution in [3.63, 3.8) is 0 Å². The van der Waals surface area contributed by atoms with Crippen LogP contribution in [0.2, 0.25) is 0 Å². The molecule has 0 saturated carbocycles. The largest absolute Gasteiger partial charge is 0.408 e. The number of nitrogens with zero attached hydrogens (tertiary/aromatic N) is 7. The second-order valence-electron chi connectivity index (χ2n) is 38.1. The molecule has 12 aromatic carbocycles. The third kappa shape index (κ3) is 16.4. The Morgan fingerprint density at radius 1 is 0.193 bits per heavy atom. The van der Waals surface area contributed by atoms with Gasteiger partial charge in [-0.25, -0.2) is 0 Å². The number of benzene rings is 12. The van der Waals surface area contributed by atoms with Crippen LogP contribution in [0, 0.1) is 20.8 Å². The summed E-state index contributed by atoms with van der Waals surface area (Å²) in [6.07, 6.45) is 8.49. The summed E-state index contributed by atoms with van der Waals surface area (Å²) >= 11 is 5.57. The highest BCUT2D eigenvalue weighted by Crippen LogP contribution is 2.47. The van der Waals surface area contributed by atoms with Gasteiger partial charge in [0.15, 0.2) is 22.8 Å². The summed E-state index contributed by atoms with van der Waals surface area (Å²) in [6.45, 7) is 8.70. The molecule has 0 saturated heterocycles. The fraction of sp³-hybridized carbons (Fsp3) is 0.0305. The molecule has 0 bridgehead atoms. The minimum Gasteiger partial charge on any atom is -0.408 e. The minimum absolute atomic E-state index is 0.929. The van der Waals surface area contributed by atoms with Crippen molar-refractivity contribution in [3.8, 4) is 33.4 Å². The summed E-state index contributed by atoms with van der Waals surface area (Å²) in [7, 11) is 0. The topological polar surface area (TPSA) is 54.2 Å². The summed E-state index contributed by atoms with van der Waals surface area (Å²) in [5.74, 6) is 0.